The number of alkyl halides is 8. The zero-order valence-corrected chi connectivity index (χ0v) is 22.1. The number of carbonyl (C=O) groups excluding carboxylic acids is 2. The Morgan fingerprint density at radius 1 is 1.10 bits per heavy atom. The van der Waals surface area contributed by atoms with Crippen LogP contribution in [0.1, 0.15) is 56.7 Å². The van der Waals surface area contributed by atoms with Crippen molar-refractivity contribution in [1.82, 2.24) is 15.6 Å². The van der Waals surface area contributed by atoms with Crippen molar-refractivity contribution in [3.8, 4) is 0 Å². The molecule has 1 saturated heterocycles. The molecule has 1 saturated carbocycles. The van der Waals surface area contributed by atoms with E-state index in [0.29, 0.717) is 24.5 Å². The van der Waals surface area contributed by atoms with Crippen molar-refractivity contribution in [2.24, 2.45) is 5.41 Å². The summed E-state index contributed by atoms with van der Waals surface area (Å²) in [5, 5.41) is 14.9. The van der Waals surface area contributed by atoms with Gasteiger partial charge in [0.1, 0.15) is 11.5 Å². The number of aliphatic carboxylic acids is 1. The number of hydrogen-bond acceptors (Lipinski definition) is 5. The molecule has 0 radical (unpaired) electrons. The summed E-state index contributed by atoms with van der Waals surface area (Å²) < 4.78 is 98.6. The lowest BCUT2D eigenvalue weighted by Crippen LogP contribution is -2.42. The van der Waals surface area contributed by atoms with Crippen molar-refractivity contribution < 1.29 is 54.6 Å². The third-order valence-electron chi connectivity index (χ3n) is 6.60. The molecule has 1 aliphatic carbocycles. The maximum Gasteiger partial charge on any atom is 0.490 e. The number of piperidine rings is 1. The summed E-state index contributed by atoms with van der Waals surface area (Å²) >= 11 is 0. The third-order valence-corrected chi connectivity index (χ3v) is 6.60. The van der Waals surface area contributed by atoms with Crippen molar-refractivity contribution in [1.29, 1.82) is 0 Å². The molecule has 41 heavy (non-hydrogen) atoms. The van der Waals surface area contributed by atoms with Crippen LogP contribution in [0.3, 0.4) is 0 Å². The molecule has 1 aromatic heterocycles. The standard InChI is InChI=1S/C23H29F5N4O2.C2HF3O2/c1-3-4-5-6-7-10-22(24,25)20(34)29-13-21-11-15(30-17(21)12-21)19(33)32-18-14(2)8-9-16(31-18)23(26,27)28;3-2(4,5)1(6)7/h7-10,15,17,30H,3-6,11-13H2,1-2H3,(H,29,34)(H,31,32,33);(H,6,7)/t15-,17+,21-;/m0./s1. The van der Waals surface area contributed by atoms with Crippen LogP contribution < -0.4 is 16.0 Å². The van der Waals surface area contributed by atoms with E-state index in [9.17, 15) is 44.7 Å². The van der Waals surface area contributed by atoms with Crippen molar-refractivity contribution in [3.05, 3.63) is 35.5 Å². The van der Waals surface area contributed by atoms with Gasteiger partial charge < -0.3 is 21.1 Å². The Kier molecular flexibility index (Phi) is 10.9. The molecule has 2 heterocycles. The molecule has 1 aliphatic heterocycles. The molecule has 1 aromatic rings. The number of aryl methyl sites for hydroxylation is 1. The Balaban J connectivity index is 0.000000745. The summed E-state index contributed by atoms with van der Waals surface area (Å²) in [5.74, 6) is -8.52. The molecule has 2 aliphatic rings. The number of amides is 2. The first-order valence-corrected chi connectivity index (χ1v) is 12.6. The van der Waals surface area contributed by atoms with Crippen LogP contribution >= 0.6 is 0 Å². The molecule has 0 unspecified atom stereocenters. The average molecular weight is 603 g/mol. The maximum absolute atomic E-state index is 14.1. The van der Waals surface area contributed by atoms with Gasteiger partial charge in [-0.05, 0) is 50.3 Å². The van der Waals surface area contributed by atoms with Gasteiger partial charge in [-0.3, -0.25) is 9.59 Å². The quantitative estimate of drug-likeness (QED) is 0.170. The minimum Gasteiger partial charge on any atom is -0.475 e. The number of carboxylic acid groups (broad SMARTS) is 1. The van der Waals surface area contributed by atoms with Crippen molar-refractivity contribution >= 4 is 23.6 Å². The van der Waals surface area contributed by atoms with Crippen LogP contribution in [-0.2, 0) is 20.6 Å². The van der Waals surface area contributed by atoms with Crippen LogP contribution in [0.25, 0.3) is 0 Å². The number of halogens is 8. The van der Waals surface area contributed by atoms with E-state index in [-0.39, 0.29) is 24.8 Å². The first-order chi connectivity index (χ1) is 18.8. The second-order valence-electron chi connectivity index (χ2n) is 9.90. The van der Waals surface area contributed by atoms with Crippen LogP contribution in [0.2, 0.25) is 0 Å². The van der Waals surface area contributed by atoms with Gasteiger partial charge in [0.25, 0.3) is 5.91 Å². The molecule has 16 heteroatoms. The first kappa shape index (κ1) is 33.9. The number of nitrogens with one attached hydrogen (secondary N) is 3. The Labute approximate surface area is 230 Å². The highest BCUT2D eigenvalue weighted by Crippen LogP contribution is 2.54. The summed E-state index contributed by atoms with van der Waals surface area (Å²) in [6, 6.07) is 1.19. The predicted octanol–water partition coefficient (Wildman–Crippen LogP) is 4.99. The lowest BCUT2D eigenvalue weighted by atomic mass is 9.99. The molecule has 0 spiro atoms. The van der Waals surface area contributed by atoms with Gasteiger partial charge in [0, 0.05) is 18.0 Å². The molecule has 2 amide bonds. The fourth-order valence-electron chi connectivity index (χ4n) is 4.16. The number of aromatic nitrogens is 1. The highest BCUT2D eigenvalue weighted by atomic mass is 19.4. The summed E-state index contributed by atoms with van der Waals surface area (Å²) in [5.41, 5.74) is -1.28. The monoisotopic (exact) mass is 602 g/mol. The molecule has 3 atom stereocenters. The zero-order chi connectivity index (χ0) is 31.2. The predicted molar refractivity (Wildman–Crippen MR) is 130 cm³/mol. The molecule has 4 N–H and O–H groups in total. The minimum absolute atomic E-state index is 0.0205. The molecule has 8 nitrogen and oxygen atoms in total. The van der Waals surface area contributed by atoms with Crippen LogP contribution in [-0.4, -0.2) is 58.6 Å². The number of hydrogen-bond donors (Lipinski definition) is 4. The van der Waals surface area contributed by atoms with Gasteiger partial charge in [-0.25, -0.2) is 9.78 Å². The molecular weight excluding hydrogens is 572 g/mol. The Bertz CT molecular complexity index is 1140. The number of carbonyl (C=O) groups is 3. The molecule has 0 aromatic carbocycles. The second-order valence-corrected chi connectivity index (χ2v) is 9.90. The molecular formula is C25H30F8N4O4. The summed E-state index contributed by atoms with van der Waals surface area (Å²) in [4.78, 5) is 37.0. The zero-order valence-electron chi connectivity index (χ0n) is 22.1. The van der Waals surface area contributed by atoms with Crippen LogP contribution in [0, 0.1) is 12.3 Å². The number of rotatable bonds is 10. The van der Waals surface area contributed by atoms with E-state index in [1.807, 2.05) is 6.92 Å². The van der Waals surface area contributed by atoms with Crippen molar-refractivity contribution in [3.63, 3.8) is 0 Å². The summed E-state index contributed by atoms with van der Waals surface area (Å²) in [6.45, 7) is 3.51. The topological polar surface area (TPSA) is 120 Å². The van der Waals surface area contributed by atoms with Crippen LogP contribution in [0.15, 0.2) is 24.3 Å². The van der Waals surface area contributed by atoms with E-state index in [4.69, 9.17) is 9.90 Å². The second kappa shape index (κ2) is 13.1. The Hall–Kier alpha value is -3.30. The van der Waals surface area contributed by atoms with Gasteiger partial charge in [-0.2, -0.15) is 35.1 Å². The Morgan fingerprint density at radius 3 is 2.29 bits per heavy atom. The van der Waals surface area contributed by atoms with Gasteiger partial charge in [0.15, 0.2) is 0 Å². The van der Waals surface area contributed by atoms with E-state index in [0.717, 1.165) is 25.3 Å². The molecule has 0 bridgehead atoms. The molecule has 230 valence electrons. The number of allylic oxidation sites excluding steroid dienone is 1. The summed E-state index contributed by atoms with van der Waals surface area (Å²) in [6.07, 6.45) is -3.77. The smallest absolute Gasteiger partial charge is 0.475 e. The normalized spacial score (nSPS) is 22.0. The molecule has 2 fully saturated rings. The first-order valence-electron chi connectivity index (χ1n) is 12.6. The highest BCUT2D eigenvalue weighted by molar-refractivity contribution is 5.95. The minimum atomic E-state index is -5.08. The van der Waals surface area contributed by atoms with Gasteiger partial charge in [0.2, 0.25) is 5.91 Å². The van der Waals surface area contributed by atoms with Crippen molar-refractivity contribution in [2.75, 3.05) is 11.9 Å². The van der Waals surface area contributed by atoms with Crippen LogP contribution in [0.4, 0.5) is 40.9 Å². The third kappa shape index (κ3) is 9.64. The number of pyridine rings is 1. The SMILES string of the molecule is CCCCCC=CC(F)(F)C(=O)NC[C@@]12C[C@@H](C(=O)Nc3nc(C(F)(F)F)ccc3C)N[C@@H]1C2.O=C(O)C(F)(F)F. The average Bonchev–Trinajstić information content (AvgIpc) is 3.41. The number of fused-ring (bicyclic) bond motifs is 1. The Morgan fingerprint density at radius 2 is 1.73 bits per heavy atom. The van der Waals surface area contributed by atoms with Gasteiger partial charge in [-0.1, -0.05) is 31.9 Å². The van der Waals surface area contributed by atoms with E-state index in [1.54, 1.807) is 0 Å². The highest BCUT2D eigenvalue weighted by Gasteiger charge is 2.61. The van der Waals surface area contributed by atoms with E-state index >= 15 is 0 Å². The summed E-state index contributed by atoms with van der Waals surface area (Å²) in [7, 11) is 0. The largest absolute Gasteiger partial charge is 0.490 e. The maximum atomic E-state index is 14.1. The van der Waals surface area contributed by atoms with Gasteiger partial charge >= 0.3 is 24.2 Å². The van der Waals surface area contributed by atoms with Gasteiger partial charge in [0.05, 0.1) is 6.04 Å². The molecule has 3 rings (SSSR count). The number of carboxylic acids is 1. The van der Waals surface area contributed by atoms with E-state index in [1.165, 1.54) is 19.1 Å². The lowest BCUT2D eigenvalue weighted by Gasteiger charge is -2.19. The lowest BCUT2D eigenvalue weighted by molar-refractivity contribution is -0.192. The van der Waals surface area contributed by atoms with E-state index in [2.05, 4.69) is 20.9 Å². The van der Waals surface area contributed by atoms with Gasteiger partial charge in [-0.15, -0.1) is 0 Å². The number of nitrogens with zero attached hydrogens (tertiary/aromatic N) is 1. The van der Waals surface area contributed by atoms with E-state index < -0.39 is 53.2 Å². The number of anilines is 1. The fourth-order valence-corrected chi connectivity index (χ4v) is 4.16. The van der Waals surface area contributed by atoms with Crippen LogP contribution in [0.5, 0.6) is 0 Å². The van der Waals surface area contributed by atoms with Crippen molar-refractivity contribution in [2.45, 2.75) is 82.7 Å². The number of unbranched alkanes of at least 4 members (excludes halogenated alkanes) is 3. The fraction of sp³-hybridized carbons (Fsp3) is 0.600.